The van der Waals surface area contributed by atoms with E-state index in [1.165, 1.54) is 6.07 Å². The Morgan fingerprint density at radius 1 is 1.36 bits per heavy atom. The minimum Gasteiger partial charge on any atom is -0.507 e. The molecule has 0 fully saturated rings. The number of fused-ring (bicyclic) bond motifs is 1. The summed E-state index contributed by atoms with van der Waals surface area (Å²) >= 11 is 1.98. The highest BCUT2D eigenvalue weighted by molar-refractivity contribution is 14.1. The van der Waals surface area contributed by atoms with Gasteiger partial charge in [0.2, 0.25) is 0 Å². The summed E-state index contributed by atoms with van der Waals surface area (Å²) in [5, 5.41) is 23.5. The zero-order valence-electron chi connectivity index (χ0n) is 13.0. The number of hydrazone groups is 1. The number of phenolic OH excluding ortho intramolecular Hbond substituents is 1. The molecule has 1 heterocycles. The summed E-state index contributed by atoms with van der Waals surface area (Å²) in [6.07, 6.45) is 3.36. The first kappa shape index (κ1) is 17.0. The number of benzene rings is 2. The highest BCUT2D eigenvalue weighted by Gasteiger charge is 2.08. The Bertz CT molecular complexity index is 1020. The molecule has 0 saturated heterocycles. The number of carbonyl (C=O) groups excluding carboxylic acids is 1. The zero-order chi connectivity index (χ0) is 17.8. The van der Waals surface area contributed by atoms with E-state index in [1.807, 2.05) is 57.6 Å². The van der Waals surface area contributed by atoms with Crippen LogP contribution in [0.3, 0.4) is 0 Å². The molecule has 1 aromatic heterocycles. The SMILES string of the molecule is N#CCn1cc(C=NNC(=O)c2ccc(I)c(O)c2)c2ccccc21. The van der Waals surface area contributed by atoms with E-state index in [2.05, 4.69) is 16.6 Å². The minimum absolute atomic E-state index is 0.0526. The maximum Gasteiger partial charge on any atom is 0.271 e. The number of carbonyl (C=O) groups is 1. The lowest BCUT2D eigenvalue weighted by Crippen LogP contribution is -2.17. The average Bonchev–Trinajstić information content (AvgIpc) is 2.96. The zero-order valence-corrected chi connectivity index (χ0v) is 15.1. The number of amides is 1. The summed E-state index contributed by atoms with van der Waals surface area (Å²) in [6, 6.07) is 14.5. The first-order valence-electron chi connectivity index (χ1n) is 7.37. The smallest absolute Gasteiger partial charge is 0.271 e. The van der Waals surface area contributed by atoms with Crippen molar-refractivity contribution in [2.75, 3.05) is 0 Å². The number of hydrogen-bond donors (Lipinski definition) is 2. The minimum atomic E-state index is -0.413. The van der Waals surface area contributed by atoms with E-state index in [4.69, 9.17) is 5.26 Å². The number of nitrogens with zero attached hydrogens (tertiary/aromatic N) is 3. The van der Waals surface area contributed by atoms with E-state index in [-0.39, 0.29) is 12.3 Å². The summed E-state index contributed by atoms with van der Waals surface area (Å²) in [5.74, 6) is -0.361. The number of aromatic hydroxyl groups is 1. The Hall–Kier alpha value is -2.86. The van der Waals surface area contributed by atoms with Crippen LogP contribution in [0.2, 0.25) is 0 Å². The molecule has 6 nitrogen and oxygen atoms in total. The summed E-state index contributed by atoms with van der Waals surface area (Å²) in [6.45, 7) is 0.239. The molecule has 2 aromatic carbocycles. The van der Waals surface area contributed by atoms with Crippen molar-refractivity contribution >= 4 is 45.6 Å². The van der Waals surface area contributed by atoms with Gasteiger partial charge >= 0.3 is 0 Å². The maximum absolute atomic E-state index is 12.1. The van der Waals surface area contributed by atoms with Crippen LogP contribution in [0.5, 0.6) is 5.75 Å². The van der Waals surface area contributed by atoms with Crippen LogP contribution in [-0.2, 0) is 6.54 Å². The van der Waals surface area contributed by atoms with Gasteiger partial charge in [-0.25, -0.2) is 5.43 Å². The molecule has 3 aromatic rings. The van der Waals surface area contributed by atoms with Crippen molar-refractivity contribution in [3.8, 4) is 11.8 Å². The first-order valence-corrected chi connectivity index (χ1v) is 8.45. The van der Waals surface area contributed by atoms with Crippen molar-refractivity contribution in [1.29, 1.82) is 5.26 Å². The third-order valence-electron chi connectivity index (χ3n) is 3.64. The van der Waals surface area contributed by atoms with Gasteiger partial charge in [-0.1, -0.05) is 18.2 Å². The molecule has 2 N–H and O–H groups in total. The van der Waals surface area contributed by atoms with E-state index in [9.17, 15) is 9.90 Å². The van der Waals surface area contributed by atoms with E-state index < -0.39 is 5.91 Å². The number of para-hydroxylation sites is 1. The monoisotopic (exact) mass is 444 g/mol. The largest absolute Gasteiger partial charge is 0.507 e. The Morgan fingerprint density at radius 3 is 2.92 bits per heavy atom. The lowest BCUT2D eigenvalue weighted by molar-refractivity contribution is 0.0954. The van der Waals surface area contributed by atoms with Gasteiger partial charge in [0.1, 0.15) is 12.3 Å². The van der Waals surface area contributed by atoms with Gasteiger partial charge in [-0.2, -0.15) is 10.4 Å². The predicted molar refractivity (Wildman–Crippen MR) is 103 cm³/mol. The number of nitriles is 1. The third kappa shape index (κ3) is 3.64. The van der Waals surface area contributed by atoms with E-state index in [0.717, 1.165) is 16.5 Å². The molecule has 0 unspecified atom stereocenters. The maximum atomic E-state index is 12.1. The molecule has 0 aliphatic carbocycles. The highest BCUT2D eigenvalue weighted by atomic mass is 127. The third-order valence-corrected chi connectivity index (χ3v) is 4.55. The molecule has 3 rings (SSSR count). The fourth-order valence-corrected chi connectivity index (χ4v) is 2.80. The molecule has 7 heteroatoms. The molecule has 0 aliphatic heterocycles. The molecule has 0 radical (unpaired) electrons. The normalized spacial score (nSPS) is 10.9. The number of hydrogen-bond acceptors (Lipinski definition) is 4. The predicted octanol–water partition coefficient (Wildman–Crippen LogP) is 3.24. The van der Waals surface area contributed by atoms with Crippen molar-refractivity contribution in [2.24, 2.45) is 5.10 Å². The topological polar surface area (TPSA) is 90.4 Å². The molecular formula is C18H13IN4O2. The van der Waals surface area contributed by atoms with Gasteiger partial charge in [0, 0.05) is 28.2 Å². The fourth-order valence-electron chi connectivity index (χ4n) is 2.46. The van der Waals surface area contributed by atoms with Crippen LogP contribution in [0, 0.1) is 14.9 Å². The number of aromatic nitrogens is 1. The van der Waals surface area contributed by atoms with Gasteiger partial charge in [0.15, 0.2) is 0 Å². The van der Waals surface area contributed by atoms with Gasteiger partial charge in [0.05, 0.1) is 15.9 Å². The summed E-state index contributed by atoms with van der Waals surface area (Å²) < 4.78 is 2.50. The molecule has 0 spiro atoms. The second kappa shape index (κ2) is 7.36. The average molecular weight is 444 g/mol. The van der Waals surface area contributed by atoms with Crippen LogP contribution >= 0.6 is 22.6 Å². The second-order valence-corrected chi connectivity index (χ2v) is 6.42. The quantitative estimate of drug-likeness (QED) is 0.368. The standard InChI is InChI=1S/C18H13IN4O2/c19-15-6-5-12(9-17(15)24)18(25)22-21-10-13-11-23(8-7-20)16-4-2-1-3-14(13)16/h1-6,9-11,24H,8H2,(H,22,25). The van der Waals surface area contributed by atoms with Crippen LogP contribution in [-0.4, -0.2) is 21.8 Å². The van der Waals surface area contributed by atoms with Gasteiger partial charge < -0.3 is 9.67 Å². The Kier molecular flexibility index (Phi) is 5.00. The van der Waals surface area contributed by atoms with Gasteiger partial charge in [-0.15, -0.1) is 0 Å². The Labute approximate surface area is 157 Å². The number of rotatable bonds is 4. The van der Waals surface area contributed by atoms with Gasteiger partial charge in [-0.05, 0) is 46.9 Å². The van der Waals surface area contributed by atoms with Gasteiger partial charge in [0.25, 0.3) is 5.91 Å². The first-order chi connectivity index (χ1) is 12.1. The Balaban J connectivity index is 1.80. The number of phenols is 1. The lowest BCUT2D eigenvalue weighted by atomic mass is 10.2. The second-order valence-electron chi connectivity index (χ2n) is 5.25. The highest BCUT2D eigenvalue weighted by Crippen LogP contribution is 2.21. The molecule has 1 amide bonds. The van der Waals surface area contributed by atoms with Crippen LogP contribution in [0.1, 0.15) is 15.9 Å². The summed E-state index contributed by atoms with van der Waals surface area (Å²) in [7, 11) is 0. The van der Waals surface area contributed by atoms with Crippen molar-refractivity contribution in [3.05, 3.63) is 63.4 Å². The van der Waals surface area contributed by atoms with Crippen molar-refractivity contribution in [2.45, 2.75) is 6.54 Å². The van der Waals surface area contributed by atoms with E-state index in [1.54, 1.807) is 18.3 Å². The number of halogens is 1. The molecule has 25 heavy (non-hydrogen) atoms. The van der Waals surface area contributed by atoms with E-state index >= 15 is 0 Å². The van der Waals surface area contributed by atoms with Crippen molar-refractivity contribution in [1.82, 2.24) is 9.99 Å². The molecule has 0 bridgehead atoms. The molecular weight excluding hydrogens is 431 g/mol. The van der Waals surface area contributed by atoms with E-state index in [0.29, 0.717) is 9.13 Å². The van der Waals surface area contributed by atoms with Crippen LogP contribution in [0.4, 0.5) is 0 Å². The van der Waals surface area contributed by atoms with Gasteiger partial charge in [-0.3, -0.25) is 4.79 Å². The fraction of sp³-hybridized carbons (Fsp3) is 0.0556. The summed E-state index contributed by atoms with van der Waals surface area (Å²) in [5.41, 5.74) is 4.50. The molecule has 0 saturated carbocycles. The summed E-state index contributed by atoms with van der Waals surface area (Å²) in [4.78, 5) is 12.1. The van der Waals surface area contributed by atoms with Crippen molar-refractivity contribution in [3.63, 3.8) is 0 Å². The molecule has 124 valence electrons. The molecule has 0 aliphatic rings. The molecule has 0 atom stereocenters. The number of nitrogens with one attached hydrogen (secondary N) is 1. The Morgan fingerprint density at radius 2 is 2.16 bits per heavy atom. The van der Waals surface area contributed by atoms with Crippen LogP contribution < -0.4 is 5.43 Å². The van der Waals surface area contributed by atoms with Crippen LogP contribution in [0.15, 0.2) is 53.8 Å². The van der Waals surface area contributed by atoms with Crippen LogP contribution in [0.25, 0.3) is 10.9 Å². The van der Waals surface area contributed by atoms with Crippen molar-refractivity contribution < 1.29 is 9.90 Å². The lowest BCUT2D eigenvalue weighted by Gasteiger charge is -2.01.